The Morgan fingerprint density at radius 1 is 1.23 bits per heavy atom. The topological polar surface area (TPSA) is 58.6 Å². The molecule has 5 nitrogen and oxygen atoms in total. The van der Waals surface area contributed by atoms with E-state index < -0.39 is 0 Å². The van der Waals surface area contributed by atoms with Gasteiger partial charge >= 0.3 is 0 Å². The molecule has 1 aliphatic heterocycles. The summed E-state index contributed by atoms with van der Waals surface area (Å²) in [5.74, 6) is 0.0399. The summed E-state index contributed by atoms with van der Waals surface area (Å²) in [4.78, 5) is 25.5. The number of nitrogens with zero attached hydrogens (tertiary/aromatic N) is 1. The highest BCUT2D eigenvalue weighted by molar-refractivity contribution is 6.37. The maximum absolute atomic E-state index is 12.7. The molecule has 0 bridgehead atoms. The predicted octanol–water partition coefficient (Wildman–Crippen LogP) is 2.74. The van der Waals surface area contributed by atoms with E-state index in [1.807, 2.05) is 0 Å². The smallest absolute Gasteiger partial charge is 0.259 e. The van der Waals surface area contributed by atoms with Gasteiger partial charge in [-0.25, -0.2) is 0 Å². The summed E-state index contributed by atoms with van der Waals surface area (Å²) in [7, 11) is 1.46. The second-order valence-corrected chi connectivity index (χ2v) is 6.02. The average molecular weight is 345 g/mol. The lowest BCUT2D eigenvalue weighted by Crippen LogP contribution is -2.46. The number of halogens is 2. The van der Waals surface area contributed by atoms with Crippen molar-refractivity contribution in [3.05, 3.63) is 27.7 Å². The molecule has 0 saturated carbocycles. The van der Waals surface area contributed by atoms with Gasteiger partial charge in [-0.1, -0.05) is 23.2 Å². The van der Waals surface area contributed by atoms with Crippen molar-refractivity contribution in [3.63, 3.8) is 0 Å². The second-order valence-electron chi connectivity index (χ2n) is 5.20. The molecule has 2 rings (SSSR count). The van der Waals surface area contributed by atoms with Gasteiger partial charge in [-0.15, -0.1) is 0 Å². The minimum Gasteiger partial charge on any atom is -0.494 e. The van der Waals surface area contributed by atoms with E-state index in [2.05, 4.69) is 5.32 Å². The van der Waals surface area contributed by atoms with Gasteiger partial charge in [-0.3, -0.25) is 9.59 Å². The first-order chi connectivity index (χ1) is 10.4. The van der Waals surface area contributed by atoms with E-state index >= 15 is 0 Å². The van der Waals surface area contributed by atoms with E-state index in [9.17, 15) is 9.59 Å². The lowest BCUT2D eigenvalue weighted by molar-refractivity contribution is -0.119. The number of methoxy groups -OCH3 is 1. The Morgan fingerprint density at radius 3 is 2.36 bits per heavy atom. The molecule has 0 aromatic heterocycles. The van der Waals surface area contributed by atoms with Crippen molar-refractivity contribution < 1.29 is 14.3 Å². The first kappa shape index (κ1) is 16.9. The van der Waals surface area contributed by atoms with Gasteiger partial charge in [0.25, 0.3) is 5.91 Å². The maximum Gasteiger partial charge on any atom is 0.259 e. The van der Waals surface area contributed by atoms with Gasteiger partial charge in [0.1, 0.15) is 5.56 Å². The molecule has 1 aromatic carbocycles. The number of hydrogen-bond donors (Lipinski definition) is 1. The second kappa shape index (κ2) is 7.20. The Hall–Kier alpha value is -1.46. The van der Waals surface area contributed by atoms with E-state index in [0.29, 0.717) is 41.7 Å². The first-order valence-electron chi connectivity index (χ1n) is 7.02. The molecule has 0 aliphatic carbocycles. The summed E-state index contributed by atoms with van der Waals surface area (Å²) < 4.78 is 5.22. The number of carbonyl (C=O) groups excluding carboxylic acids is 2. The third kappa shape index (κ3) is 3.65. The van der Waals surface area contributed by atoms with Gasteiger partial charge in [0, 0.05) is 26.1 Å². The molecule has 1 heterocycles. The third-order valence-corrected chi connectivity index (χ3v) is 4.28. The van der Waals surface area contributed by atoms with Crippen molar-refractivity contribution in [3.8, 4) is 5.75 Å². The Labute approximate surface area is 139 Å². The maximum atomic E-state index is 12.7. The normalized spacial score (nSPS) is 15.5. The number of benzene rings is 1. The Bertz CT molecular complexity index is 584. The molecular formula is C15H18Cl2N2O3. The summed E-state index contributed by atoms with van der Waals surface area (Å²) in [5.41, 5.74) is 0.287. The standard InChI is InChI=1S/C15H18Cl2N2O3/c1-9(20)18-10-5-7-19(8-6-10)15(21)13-11(16)3-4-12(17)14(13)22-2/h3-4,10H,5-8H2,1-2H3,(H,18,20). The molecule has 22 heavy (non-hydrogen) atoms. The number of nitrogens with one attached hydrogen (secondary N) is 1. The largest absolute Gasteiger partial charge is 0.494 e. The van der Waals surface area contributed by atoms with Gasteiger partial charge < -0.3 is 15.0 Å². The van der Waals surface area contributed by atoms with Crippen molar-refractivity contribution in [1.82, 2.24) is 10.2 Å². The van der Waals surface area contributed by atoms with Gasteiger partial charge in [0.15, 0.2) is 5.75 Å². The summed E-state index contributed by atoms with van der Waals surface area (Å²) in [5, 5.41) is 3.54. The van der Waals surface area contributed by atoms with Crippen molar-refractivity contribution in [2.24, 2.45) is 0 Å². The van der Waals surface area contributed by atoms with Crippen LogP contribution < -0.4 is 10.1 Å². The molecule has 0 atom stereocenters. The summed E-state index contributed by atoms with van der Waals surface area (Å²) >= 11 is 12.2. The number of ether oxygens (including phenoxy) is 1. The first-order valence-corrected chi connectivity index (χ1v) is 7.78. The van der Waals surface area contributed by atoms with Crippen LogP contribution in [0.1, 0.15) is 30.1 Å². The van der Waals surface area contributed by atoms with E-state index in [0.717, 1.165) is 0 Å². The molecule has 0 spiro atoms. The number of carbonyl (C=O) groups is 2. The van der Waals surface area contributed by atoms with E-state index in [1.165, 1.54) is 14.0 Å². The molecule has 120 valence electrons. The lowest BCUT2D eigenvalue weighted by atomic mass is 10.0. The molecule has 1 aromatic rings. The monoisotopic (exact) mass is 344 g/mol. The van der Waals surface area contributed by atoms with Crippen LogP contribution in [0.3, 0.4) is 0 Å². The minimum atomic E-state index is -0.203. The molecule has 2 amide bonds. The van der Waals surface area contributed by atoms with Gasteiger partial charge in [0.05, 0.1) is 17.2 Å². The SMILES string of the molecule is COc1c(Cl)ccc(Cl)c1C(=O)N1CCC(NC(C)=O)CC1. The number of rotatable bonds is 3. The molecule has 1 saturated heterocycles. The molecule has 1 N–H and O–H groups in total. The van der Waals surface area contributed by atoms with E-state index in [-0.39, 0.29) is 23.4 Å². The van der Waals surface area contributed by atoms with Crippen LogP contribution in [0.4, 0.5) is 0 Å². The lowest BCUT2D eigenvalue weighted by Gasteiger charge is -2.32. The summed E-state index contributed by atoms with van der Waals surface area (Å²) in [6.45, 7) is 2.60. The molecular weight excluding hydrogens is 327 g/mol. The molecule has 7 heteroatoms. The highest BCUT2D eigenvalue weighted by Crippen LogP contribution is 2.35. The minimum absolute atomic E-state index is 0.0515. The van der Waals surface area contributed by atoms with Crippen LogP contribution in [-0.4, -0.2) is 43.0 Å². The zero-order valence-electron chi connectivity index (χ0n) is 12.5. The average Bonchev–Trinajstić information content (AvgIpc) is 2.48. The fraction of sp³-hybridized carbons (Fsp3) is 0.467. The van der Waals surface area contributed by atoms with Crippen molar-refractivity contribution >= 4 is 35.0 Å². The molecule has 1 aliphatic rings. The van der Waals surface area contributed by atoms with Gasteiger partial charge in [0.2, 0.25) is 5.91 Å². The van der Waals surface area contributed by atoms with Crippen LogP contribution in [0.25, 0.3) is 0 Å². The zero-order valence-corrected chi connectivity index (χ0v) is 14.0. The van der Waals surface area contributed by atoms with Crippen LogP contribution >= 0.6 is 23.2 Å². The van der Waals surface area contributed by atoms with E-state index in [1.54, 1.807) is 17.0 Å². The van der Waals surface area contributed by atoms with Crippen LogP contribution in [0, 0.1) is 0 Å². The van der Waals surface area contributed by atoms with Crippen molar-refractivity contribution in [2.45, 2.75) is 25.8 Å². The zero-order chi connectivity index (χ0) is 16.3. The third-order valence-electron chi connectivity index (χ3n) is 3.67. The van der Waals surface area contributed by atoms with Crippen LogP contribution in [0.15, 0.2) is 12.1 Å². The van der Waals surface area contributed by atoms with E-state index in [4.69, 9.17) is 27.9 Å². The predicted molar refractivity (Wildman–Crippen MR) is 85.8 cm³/mol. The van der Waals surface area contributed by atoms with Crippen LogP contribution in [0.2, 0.25) is 10.0 Å². The molecule has 0 unspecified atom stereocenters. The molecule has 1 fully saturated rings. The van der Waals surface area contributed by atoms with Crippen LogP contribution in [0.5, 0.6) is 5.75 Å². The molecule has 0 radical (unpaired) electrons. The number of likely N-dealkylation sites (tertiary alicyclic amines) is 1. The highest BCUT2D eigenvalue weighted by atomic mass is 35.5. The van der Waals surface area contributed by atoms with Crippen molar-refractivity contribution in [2.75, 3.05) is 20.2 Å². The highest BCUT2D eigenvalue weighted by Gasteiger charge is 2.28. The fourth-order valence-corrected chi connectivity index (χ4v) is 3.07. The quantitative estimate of drug-likeness (QED) is 0.916. The van der Waals surface area contributed by atoms with Crippen molar-refractivity contribution in [1.29, 1.82) is 0 Å². The summed E-state index contributed by atoms with van der Waals surface area (Å²) in [6, 6.07) is 3.30. The van der Waals surface area contributed by atoms with Crippen LogP contribution in [-0.2, 0) is 4.79 Å². The van der Waals surface area contributed by atoms with Gasteiger partial charge in [-0.05, 0) is 25.0 Å². The summed E-state index contributed by atoms with van der Waals surface area (Å²) in [6.07, 6.45) is 1.43. The number of piperidine rings is 1. The Kier molecular flexibility index (Phi) is 5.53. The Balaban J connectivity index is 2.14. The fourth-order valence-electron chi connectivity index (χ4n) is 2.60. The number of hydrogen-bond acceptors (Lipinski definition) is 3. The number of amides is 2. The van der Waals surface area contributed by atoms with Gasteiger partial charge in [-0.2, -0.15) is 0 Å². The Morgan fingerprint density at radius 2 is 1.82 bits per heavy atom.